The number of carbonyl (C=O) groups is 1. The van der Waals surface area contributed by atoms with E-state index < -0.39 is 5.92 Å². The molecule has 0 spiro atoms. The SMILES string of the molecule is CCCC(C(=O)NCCCn1cccn1)/C(N)=N/O. The summed E-state index contributed by atoms with van der Waals surface area (Å²) in [5, 5.41) is 18.4. The molecule has 0 saturated carbocycles. The molecule has 7 nitrogen and oxygen atoms in total. The molecule has 7 heteroatoms. The Morgan fingerprint density at radius 2 is 2.42 bits per heavy atom. The van der Waals surface area contributed by atoms with Crippen molar-refractivity contribution in [1.29, 1.82) is 0 Å². The highest BCUT2D eigenvalue weighted by atomic mass is 16.4. The number of nitrogens with one attached hydrogen (secondary N) is 1. The van der Waals surface area contributed by atoms with Crippen LogP contribution in [0.3, 0.4) is 0 Å². The fourth-order valence-corrected chi connectivity index (χ4v) is 1.78. The van der Waals surface area contributed by atoms with Crippen LogP contribution in [0.15, 0.2) is 23.6 Å². The maximum Gasteiger partial charge on any atom is 0.230 e. The van der Waals surface area contributed by atoms with Gasteiger partial charge in [-0.05, 0) is 18.9 Å². The van der Waals surface area contributed by atoms with Crippen LogP contribution in [0.4, 0.5) is 0 Å². The lowest BCUT2D eigenvalue weighted by molar-refractivity contribution is -0.123. The van der Waals surface area contributed by atoms with Gasteiger partial charge in [-0.15, -0.1) is 0 Å². The van der Waals surface area contributed by atoms with Crippen molar-refractivity contribution < 1.29 is 10.0 Å². The minimum absolute atomic E-state index is 0.0357. The fraction of sp³-hybridized carbons (Fsp3) is 0.583. The van der Waals surface area contributed by atoms with Gasteiger partial charge in [-0.3, -0.25) is 9.48 Å². The van der Waals surface area contributed by atoms with E-state index in [2.05, 4.69) is 15.6 Å². The van der Waals surface area contributed by atoms with Crippen molar-refractivity contribution >= 4 is 11.7 Å². The molecule has 1 heterocycles. The second kappa shape index (κ2) is 8.12. The van der Waals surface area contributed by atoms with Crippen LogP contribution < -0.4 is 11.1 Å². The van der Waals surface area contributed by atoms with Crippen LogP contribution in [-0.2, 0) is 11.3 Å². The number of nitrogens with two attached hydrogens (primary N) is 1. The zero-order valence-electron chi connectivity index (χ0n) is 11.1. The maximum absolute atomic E-state index is 11.9. The number of oxime groups is 1. The van der Waals surface area contributed by atoms with E-state index in [4.69, 9.17) is 10.9 Å². The van der Waals surface area contributed by atoms with E-state index in [1.165, 1.54) is 0 Å². The van der Waals surface area contributed by atoms with Crippen molar-refractivity contribution in [3.63, 3.8) is 0 Å². The first-order valence-electron chi connectivity index (χ1n) is 6.41. The van der Waals surface area contributed by atoms with Gasteiger partial charge in [0.2, 0.25) is 5.91 Å². The van der Waals surface area contributed by atoms with Gasteiger partial charge in [0.05, 0.1) is 5.92 Å². The predicted molar refractivity (Wildman–Crippen MR) is 71.7 cm³/mol. The lowest BCUT2D eigenvalue weighted by Crippen LogP contribution is -2.39. The Bertz CT molecular complexity index is 402. The van der Waals surface area contributed by atoms with Crippen LogP contribution in [0.5, 0.6) is 0 Å². The number of amides is 1. The summed E-state index contributed by atoms with van der Waals surface area (Å²) in [6.07, 6.45) is 5.73. The summed E-state index contributed by atoms with van der Waals surface area (Å²) in [6, 6.07) is 1.86. The molecule has 1 rings (SSSR count). The molecule has 1 aromatic rings. The molecule has 1 unspecified atom stereocenters. The van der Waals surface area contributed by atoms with E-state index in [1.54, 1.807) is 10.9 Å². The average Bonchev–Trinajstić information content (AvgIpc) is 2.93. The highest BCUT2D eigenvalue weighted by Gasteiger charge is 2.21. The monoisotopic (exact) mass is 267 g/mol. The molecule has 1 amide bonds. The molecule has 106 valence electrons. The van der Waals surface area contributed by atoms with Gasteiger partial charge in [-0.1, -0.05) is 18.5 Å². The van der Waals surface area contributed by atoms with Crippen molar-refractivity contribution in [2.75, 3.05) is 6.54 Å². The van der Waals surface area contributed by atoms with E-state index in [9.17, 15) is 4.79 Å². The van der Waals surface area contributed by atoms with Gasteiger partial charge in [-0.2, -0.15) is 5.10 Å². The molecule has 1 atom stereocenters. The summed E-state index contributed by atoms with van der Waals surface area (Å²) >= 11 is 0. The summed E-state index contributed by atoms with van der Waals surface area (Å²) in [5.41, 5.74) is 5.51. The Labute approximate surface area is 112 Å². The van der Waals surface area contributed by atoms with Crippen molar-refractivity contribution in [3.8, 4) is 0 Å². The molecule has 0 bridgehead atoms. The van der Waals surface area contributed by atoms with Crippen LogP contribution in [-0.4, -0.2) is 33.3 Å². The van der Waals surface area contributed by atoms with Crippen molar-refractivity contribution in [2.24, 2.45) is 16.8 Å². The highest BCUT2D eigenvalue weighted by molar-refractivity contribution is 6.01. The zero-order chi connectivity index (χ0) is 14.1. The van der Waals surface area contributed by atoms with E-state index in [1.807, 2.05) is 19.2 Å². The van der Waals surface area contributed by atoms with Gasteiger partial charge >= 0.3 is 0 Å². The lowest BCUT2D eigenvalue weighted by Gasteiger charge is -2.14. The van der Waals surface area contributed by atoms with Crippen molar-refractivity contribution in [2.45, 2.75) is 32.7 Å². The third-order valence-electron chi connectivity index (χ3n) is 2.79. The Hall–Kier alpha value is -2.05. The van der Waals surface area contributed by atoms with Gasteiger partial charge < -0.3 is 16.3 Å². The molecule has 4 N–H and O–H groups in total. The minimum atomic E-state index is -0.556. The number of hydrogen-bond donors (Lipinski definition) is 3. The quantitative estimate of drug-likeness (QED) is 0.210. The third-order valence-corrected chi connectivity index (χ3v) is 2.79. The smallest absolute Gasteiger partial charge is 0.230 e. The first kappa shape index (κ1) is 15.0. The van der Waals surface area contributed by atoms with E-state index >= 15 is 0 Å². The molecule has 0 aliphatic rings. The summed E-state index contributed by atoms with van der Waals surface area (Å²) in [6.45, 7) is 3.23. The summed E-state index contributed by atoms with van der Waals surface area (Å²) < 4.78 is 1.80. The Morgan fingerprint density at radius 3 is 3.00 bits per heavy atom. The number of aromatic nitrogens is 2. The molecule has 0 aliphatic heterocycles. The van der Waals surface area contributed by atoms with Gasteiger partial charge in [0.1, 0.15) is 0 Å². The Kier molecular flexibility index (Phi) is 6.42. The molecule has 0 fully saturated rings. The normalized spacial score (nSPS) is 13.2. The molecule has 0 aromatic carbocycles. The number of amidine groups is 1. The topological polar surface area (TPSA) is 106 Å². The predicted octanol–water partition coefficient (Wildman–Crippen LogP) is 0.552. The second-order valence-electron chi connectivity index (χ2n) is 4.28. The lowest BCUT2D eigenvalue weighted by atomic mass is 10.0. The van der Waals surface area contributed by atoms with Crippen LogP contribution in [0.25, 0.3) is 0 Å². The zero-order valence-corrected chi connectivity index (χ0v) is 11.1. The molecular formula is C12H21N5O2. The van der Waals surface area contributed by atoms with Crippen molar-refractivity contribution in [3.05, 3.63) is 18.5 Å². The van der Waals surface area contributed by atoms with Crippen LogP contribution >= 0.6 is 0 Å². The van der Waals surface area contributed by atoms with Gasteiger partial charge in [0.25, 0.3) is 0 Å². The Balaban J connectivity index is 2.32. The third kappa shape index (κ3) is 4.99. The van der Waals surface area contributed by atoms with Crippen molar-refractivity contribution in [1.82, 2.24) is 15.1 Å². The first-order chi connectivity index (χ1) is 9.19. The average molecular weight is 267 g/mol. The summed E-state index contributed by atoms with van der Waals surface area (Å²) in [7, 11) is 0. The van der Waals surface area contributed by atoms with Gasteiger partial charge in [0.15, 0.2) is 5.84 Å². The fourth-order valence-electron chi connectivity index (χ4n) is 1.78. The standard InChI is InChI=1S/C12H21N5O2/c1-2-5-10(11(13)16-19)12(18)14-6-3-8-17-9-4-7-15-17/h4,7,9-10,19H,2-3,5-6,8H2,1H3,(H2,13,16)(H,14,18). The van der Waals surface area contributed by atoms with E-state index in [-0.39, 0.29) is 11.7 Å². The molecular weight excluding hydrogens is 246 g/mol. The van der Waals surface area contributed by atoms with Crippen LogP contribution in [0.1, 0.15) is 26.2 Å². The summed E-state index contributed by atoms with van der Waals surface area (Å²) in [4.78, 5) is 11.9. The van der Waals surface area contributed by atoms with Gasteiger partial charge in [0, 0.05) is 25.5 Å². The molecule has 0 radical (unpaired) electrons. The number of hydrogen-bond acceptors (Lipinski definition) is 4. The van der Waals surface area contributed by atoms with E-state index in [0.717, 1.165) is 19.4 Å². The number of rotatable bonds is 8. The summed E-state index contributed by atoms with van der Waals surface area (Å²) in [5.74, 6) is -0.788. The number of nitrogens with zero attached hydrogens (tertiary/aromatic N) is 3. The minimum Gasteiger partial charge on any atom is -0.409 e. The largest absolute Gasteiger partial charge is 0.409 e. The highest BCUT2D eigenvalue weighted by Crippen LogP contribution is 2.06. The van der Waals surface area contributed by atoms with Crippen LogP contribution in [0.2, 0.25) is 0 Å². The number of aryl methyl sites for hydroxylation is 1. The molecule has 0 aliphatic carbocycles. The molecule has 19 heavy (non-hydrogen) atoms. The second-order valence-corrected chi connectivity index (χ2v) is 4.28. The molecule has 1 aromatic heterocycles. The Morgan fingerprint density at radius 1 is 1.63 bits per heavy atom. The number of carbonyl (C=O) groups excluding carboxylic acids is 1. The van der Waals surface area contributed by atoms with Crippen LogP contribution in [0, 0.1) is 5.92 Å². The van der Waals surface area contributed by atoms with Gasteiger partial charge in [-0.25, -0.2) is 0 Å². The first-order valence-corrected chi connectivity index (χ1v) is 6.41. The molecule has 0 saturated heterocycles. The maximum atomic E-state index is 11.9. The van der Waals surface area contributed by atoms with E-state index in [0.29, 0.717) is 13.0 Å².